The van der Waals surface area contributed by atoms with Crippen LogP contribution >= 0.6 is 34.4 Å². The van der Waals surface area contributed by atoms with Crippen molar-refractivity contribution < 1.29 is 4.79 Å². The minimum absolute atomic E-state index is 0.136. The maximum Gasteiger partial charge on any atom is 0.235 e. The molecule has 1 saturated heterocycles. The fourth-order valence-electron chi connectivity index (χ4n) is 2.78. The van der Waals surface area contributed by atoms with E-state index in [0.717, 1.165) is 11.1 Å². The topological polar surface area (TPSA) is 20.3 Å². The molecule has 1 aliphatic rings. The fraction of sp³-hybridized carbons (Fsp3) is 0.167. The van der Waals surface area contributed by atoms with Crippen LogP contribution in [0.15, 0.2) is 60.7 Å². The van der Waals surface area contributed by atoms with Crippen molar-refractivity contribution in [3.8, 4) is 9.85 Å². The zero-order chi connectivity index (χ0) is 15.4. The van der Waals surface area contributed by atoms with Crippen LogP contribution in [0.3, 0.4) is 0 Å². The normalized spacial score (nSPS) is 16.2. The van der Waals surface area contributed by atoms with Gasteiger partial charge in [0.2, 0.25) is 5.91 Å². The van der Waals surface area contributed by atoms with Crippen LogP contribution in [0.5, 0.6) is 0 Å². The summed E-state index contributed by atoms with van der Waals surface area (Å²) in [6, 6.07) is 20.4. The minimum atomic E-state index is -0.486. The number of benzene rings is 2. The number of hydrogen-bond acceptors (Lipinski definition) is 2. The molecule has 1 amide bonds. The van der Waals surface area contributed by atoms with Crippen molar-refractivity contribution in [2.75, 3.05) is 12.3 Å². The van der Waals surface area contributed by atoms with Gasteiger partial charge in [0.15, 0.2) is 0 Å². The van der Waals surface area contributed by atoms with Gasteiger partial charge in [0.25, 0.3) is 0 Å². The van der Waals surface area contributed by atoms with Crippen LogP contribution in [-0.4, -0.2) is 23.1 Å². The Morgan fingerprint density at radius 2 is 1.59 bits per heavy atom. The fourth-order valence-corrected chi connectivity index (χ4v) is 4.37. The van der Waals surface area contributed by atoms with Crippen LogP contribution in [0.1, 0.15) is 11.1 Å². The summed E-state index contributed by atoms with van der Waals surface area (Å²) >= 11 is 3.69. The summed E-state index contributed by atoms with van der Waals surface area (Å²) < 4.78 is 2.87. The predicted molar refractivity (Wildman–Crippen MR) is 99.6 cm³/mol. The maximum absolute atomic E-state index is 12.5. The second-order valence-corrected chi connectivity index (χ2v) is 6.62. The quantitative estimate of drug-likeness (QED) is 0.557. The second-order valence-electron chi connectivity index (χ2n) is 4.92. The maximum atomic E-state index is 12.5. The van der Waals surface area contributed by atoms with E-state index >= 15 is 0 Å². The number of nitrogens with zero attached hydrogens (tertiary/aromatic N) is 1. The van der Waals surface area contributed by atoms with Crippen molar-refractivity contribution in [3.05, 3.63) is 71.8 Å². The van der Waals surface area contributed by atoms with E-state index in [2.05, 4.69) is 34.1 Å². The number of rotatable bonds is 3. The molecule has 0 saturated carbocycles. The lowest BCUT2D eigenvalue weighted by molar-refractivity contribution is -0.128. The molecule has 0 aromatic heterocycles. The standard InChI is InChI=1S/C18H14INOS/c19-12-7-13-20-17(21)14-22-18(20,15-8-3-1-4-9-15)16-10-5-2-6-11-16/h1-6,8-11H,13-14H2. The Labute approximate surface area is 148 Å². The Bertz CT molecular complexity index is 682. The van der Waals surface area contributed by atoms with Crippen molar-refractivity contribution in [2.45, 2.75) is 4.87 Å². The molecule has 4 heteroatoms. The average molecular weight is 419 g/mol. The lowest BCUT2D eigenvalue weighted by Gasteiger charge is -2.37. The predicted octanol–water partition coefficient (Wildman–Crippen LogP) is 3.86. The molecule has 1 aliphatic heterocycles. The molecule has 0 radical (unpaired) electrons. The molecule has 1 fully saturated rings. The third-order valence-electron chi connectivity index (χ3n) is 3.72. The Morgan fingerprint density at radius 1 is 1.05 bits per heavy atom. The first-order valence-corrected chi connectivity index (χ1v) is 8.99. The van der Waals surface area contributed by atoms with Gasteiger partial charge in [-0.2, -0.15) is 0 Å². The average Bonchev–Trinajstić information content (AvgIpc) is 2.92. The lowest BCUT2D eigenvalue weighted by atomic mass is 9.96. The van der Waals surface area contributed by atoms with Gasteiger partial charge in [-0.25, -0.2) is 0 Å². The zero-order valence-corrected chi connectivity index (χ0v) is 14.8. The van der Waals surface area contributed by atoms with Gasteiger partial charge in [-0.05, 0) is 15.1 Å². The van der Waals surface area contributed by atoms with Crippen molar-refractivity contribution in [2.24, 2.45) is 0 Å². The summed E-state index contributed by atoms with van der Waals surface area (Å²) in [4.78, 5) is 13.9. The van der Waals surface area contributed by atoms with E-state index in [1.54, 1.807) is 11.8 Å². The highest BCUT2D eigenvalue weighted by molar-refractivity contribution is 14.1. The molecule has 0 N–H and O–H groups in total. The summed E-state index contributed by atoms with van der Waals surface area (Å²) in [6.07, 6.45) is 0. The molecule has 0 bridgehead atoms. The molecular weight excluding hydrogens is 405 g/mol. The van der Waals surface area contributed by atoms with E-state index < -0.39 is 4.87 Å². The highest BCUT2D eigenvalue weighted by Crippen LogP contribution is 2.49. The highest BCUT2D eigenvalue weighted by atomic mass is 127. The van der Waals surface area contributed by atoms with Crippen molar-refractivity contribution in [1.82, 2.24) is 4.90 Å². The highest BCUT2D eigenvalue weighted by Gasteiger charge is 2.48. The lowest BCUT2D eigenvalue weighted by Crippen LogP contribution is -2.43. The first kappa shape index (κ1) is 15.4. The first-order valence-electron chi connectivity index (χ1n) is 6.93. The number of hydrogen-bond donors (Lipinski definition) is 0. The molecule has 0 aliphatic carbocycles. The summed E-state index contributed by atoms with van der Waals surface area (Å²) in [5, 5.41) is 0. The minimum Gasteiger partial charge on any atom is -0.308 e. The molecule has 22 heavy (non-hydrogen) atoms. The van der Waals surface area contributed by atoms with E-state index in [1.807, 2.05) is 63.9 Å². The van der Waals surface area contributed by atoms with E-state index in [-0.39, 0.29) is 5.91 Å². The number of halogens is 1. The molecule has 2 aromatic carbocycles. The van der Waals surface area contributed by atoms with Crippen LogP contribution < -0.4 is 0 Å². The summed E-state index contributed by atoms with van der Waals surface area (Å²) in [6.45, 7) is 0.443. The Balaban J connectivity index is 2.19. The Kier molecular flexibility index (Phi) is 4.74. The first-order chi connectivity index (χ1) is 10.8. The van der Waals surface area contributed by atoms with Gasteiger partial charge < -0.3 is 4.90 Å². The molecule has 1 heterocycles. The monoisotopic (exact) mass is 419 g/mol. The SMILES string of the molecule is O=C1CSC(c2ccccc2)(c2ccccc2)N1CC#CI. The van der Waals surface area contributed by atoms with Gasteiger partial charge in [-0.3, -0.25) is 4.79 Å². The van der Waals surface area contributed by atoms with Gasteiger partial charge in [-0.15, -0.1) is 11.8 Å². The van der Waals surface area contributed by atoms with Crippen LogP contribution in [0.25, 0.3) is 0 Å². The third-order valence-corrected chi connectivity index (χ3v) is 5.60. The van der Waals surface area contributed by atoms with Crippen LogP contribution in [0, 0.1) is 9.85 Å². The zero-order valence-electron chi connectivity index (χ0n) is 11.8. The van der Waals surface area contributed by atoms with Crippen molar-refractivity contribution >= 4 is 40.3 Å². The van der Waals surface area contributed by atoms with E-state index in [1.165, 1.54) is 0 Å². The molecule has 0 spiro atoms. The van der Waals surface area contributed by atoms with Gasteiger partial charge in [0.1, 0.15) is 4.87 Å². The Morgan fingerprint density at radius 3 is 2.09 bits per heavy atom. The Hall–Kier alpha value is -1.45. The number of carbonyl (C=O) groups excluding carboxylic acids is 1. The van der Waals surface area contributed by atoms with Crippen LogP contribution in [0.2, 0.25) is 0 Å². The van der Waals surface area contributed by atoms with Crippen molar-refractivity contribution in [1.29, 1.82) is 0 Å². The summed E-state index contributed by atoms with van der Waals surface area (Å²) in [7, 11) is 0. The number of carbonyl (C=O) groups is 1. The third kappa shape index (κ3) is 2.64. The van der Waals surface area contributed by atoms with E-state index in [9.17, 15) is 4.79 Å². The smallest absolute Gasteiger partial charge is 0.235 e. The van der Waals surface area contributed by atoms with E-state index in [0.29, 0.717) is 12.3 Å². The van der Waals surface area contributed by atoms with Crippen LogP contribution in [-0.2, 0) is 9.67 Å². The number of amides is 1. The van der Waals surface area contributed by atoms with E-state index in [4.69, 9.17) is 0 Å². The molecule has 2 nitrogen and oxygen atoms in total. The van der Waals surface area contributed by atoms with Crippen molar-refractivity contribution in [3.63, 3.8) is 0 Å². The van der Waals surface area contributed by atoms with Gasteiger partial charge in [-0.1, -0.05) is 66.6 Å². The van der Waals surface area contributed by atoms with Gasteiger partial charge in [0, 0.05) is 22.6 Å². The number of thioether (sulfide) groups is 1. The summed E-state index contributed by atoms with van der Waals surface area (Å²) in [5.74, 6) is 3.66. The molecule has 0 atom stereocenters. The van der Waals surface area contributed by atoms with Crippen LogP contribution in [0.4, 0.5) is 0 Å². The molecule has 110 valence electrons. The molecule has 3 rings (SSSR count). The molecular formula is C18H14INOS. The van der Waals surface area contributed by atoms with Gasteiger partial charge in [0.05, 0.1) is 12.3 Å². The summed E-state index contributed by atoms with van der Waals surface area (Å²) in [5.41, 5.74) is 2.24. The largest absolute Gasteiger partial charge is 0.308 e. The molecule has 2 aromatic rings. The molecule has 0 unspecified atom stereocenters. The second kappa shape index (κ2) is 6.76. The van der Waals surface area contributed by atoms with Gasteiger partial charge >= 0.3 is 0 Å².